The Hall–Kier alpha value is -1.36. The first-order chi connectivity index (χ1) is 5.77. The van der Waals surface area contributed by atoms with Crippen LogP contribution < -0.4 is 10.6 Å². The van der Waals surface area contributed by atoms with E-state index in [1.165, 1.54) is 6.20 Å². The summed E-state index contributed by atoms with van der Waals surface area (Å²) in [6.07, 6.45) is 2.01. The first-order valence-electron chi connectivity index (χ1n) is 3.18. The molecule has 1 aromatic rings. The summed E-state index contributed by atoms with van der Waals surface area (Å²) in [5.41, 5.74) is 0.617. The summed E-state index contributed by atoms with van der Waals surface area (Å²) < 4.78 is 0. The average Bonchev–Trinajstić information content (AvgIpc) is 2.05. The fourth-order valence-corrected chi connectivity index (χ4v) is 0.842. The zero-order valence-corrected chi connectivity index (χ0v) is 7.09. The lowest BCUT2D eigenvalue weighted by atomic mass is 10.5. The molecule has 64 valence electrons. The van der Waals surface area contributed by atoms with Gasteiger partial charge in [0.15, 0.2) is 5.82 Å². The van der Waals surface area contributed by atoms with Gasteiger partial charge in [0.1, 0.15) is 0 Å². The molecule has 0 aliphatic heterocycles. The normalized spacial score (nSPS) is 9.17. The number of hydrogen-bond donors (Lipinski definition) is 2. The third kappa shape index (κ3) is 1.82. The lowest BCUT2D eigenvalue weighted by molar-refractivity contribution is -0.105. The summed E-state index contributed by atoms with van der Waals surface area (Å²) >= 11 is 5.50. The number of amides is 1. The highest BCUT2D eigenvalue weighted by molar-refractivity contribution is 6.28. The Morgan fingerprint density at radius 1 is 1.67 bits per heavy atom. The SMILES string of the molecule is CNc1cnc(Cl)nc1NC=O. The number of rotatable bonds is 3. The van der Waals surface area contributed by atoms with Gasteiger partial charge in [-0.25, -0.2) is 4.98 Å². The molecule has 0 atom stereocenters. The van der Waals surface area contributed by atoms with Gasteiger partial charge in [-0.05, 0) is 11.6 Å². The Balaban J connectivity index is 3.03. The Labute approximate surface area is 74.2 Å². The number of nitrogens with zero attached hydrogens (tertiary/aromatic N) is 2. The van der Waals surface area contributed by atoms with E-state index in [1.807, 2.05) is 0 Å². The molecule has 1 rings (SSSR count). The zero-order chi connectivity index (χ0) is 8.97. The van der Waals surface area contributed by atoms with Crippen molar-refractivity contribution in [2.24, 2.45) is 0 Å². The topological polar surface area (TPSA) is 66.9 Å². The summed E-state index contributed by atoms with van der Waals surface area (Å²) in [4.78, 5) is 17.6. The maximum absolute atomic E-state index is 10.1. The predicted octanol–water partition coefficient (Wildman–Crippen LogP) is 0.740. The van der Waals surface area contributed by atoms with Gasteiger partial charge < -0.3 is 10.6 Å². The highest BCUT2D eigenvalue weighted by Gasteiger charge is 2.02. The van der Waals surface area contributed by atoms with E-state index in [0.29, 0.717) is 17.9 Å². The molecule has 0 fully saturated rings. The third-order valence-electron chi connectivity index (χ3n) is 1.22. The summed E-state index contributed by atoms with van der Waals surface area (Å²) in [6, 6.07) is 0. The van der Waals surface area contributed by atoms with Crippen LogP contribution in [0.1, 0.15) is 0 Å². The summed E-state index contributed by atoms with van der Waals surface area (Å²) in [5.74, 6) is 0.368. The van der Waals surface area contributed by atoms with E-state index in [1.54, 1.807) is 7.05 Å². The molecule has 1 amide bonds. The zero-order valence-electron chi connectivity index (χ0n) is 6.34. The second-order valence-corrected chi connectivity index (χ2v) is 2.25. The van der Waals surface area contributed by atoms with E-state index < -0.39 is 0 Å². The van der Waals surface area contributed by atoms with E-state index in [-0.39, 0.29) is 5.28 Å². The molecule has 0 radical (unpaired) electrons. The highest BCUT2D eigenvalue weighted by Crippen LogP contribution is 2.17. The van der Waals surface area contributed by atoms with Crippen LogP contribution in [0.4, 0.5) is 11.5 Å². The van der Waals surface area contributed by atoms with Crippen LogP contribution in [0.15, 0.2) is 6.20 Å². The van der Waals surface area contributed by atoms with E-state index in [4.69, 9.17) is 11.6 Å². The van der Waals surface area contributed by atoms with Crippen LogP contribution in [0.5, 0.6) is 0 Å². The monoisotopic (exact) mass is 186 g/mol. The van der Waals surface area contributed by atoms with Crippen LogP contribution in [0.3, 0.4) is 0 Å². The molecule has 5 nitrogen and oxygen atoms in total. The summed E-state index contributed by atoms with van der Waals surface area (Å²) in [5, 5.41) is 5.29. The molecule has 12 heavy (non-hydrogen) atoms. The van der Waals surface area contributed by atoms with Crippen LogP contribution in [0.25, 0.3) is 0 Å². The fourth-order valence-electron chi connectivity index (χ4n) is 0.709. The summed E-state index contributed by atoms with van der Waals surface area (Å²) in [7, 11) is 1.70. The Bertz CT molecular complexity index is 291. The molecule has 0 aromatic carbocycles. The van der Waals surface area contributed by atoms with Gasteiger partial charge >= 0.3 is 0 Å². The van der Waals surface area contributed by atoms with E-state index >= 15 is 0 Å². The molecule has 0 saturated heterocycles. The number of hydrogen-bond acceptors (Lipinski definition) is 4. The molecule has 0 saturated carbocycles. The fraction of sp³-hybridized carbons (Fsp3) is 0.167. The largest absolute Gasteiger partial charge is 0.384 e. The molecule has 0 aliphatic rings. The van der Waals surface area contributed by atoms with E-state index in [9.17, 15) is 4.79 Å². The first-order valence-corrected chi connectivity index (χ1v) is 3.56. The van der Waals surface area contributed by atoms with E-state index in [2.05, 4.69) is 20.6 Å². The van der Waals surface area contributed by atoms with Gasteiger partial charge in [0.2, 0.25) is 11.7 Å². The lowest BCUT2D eigenvalue weighted by Crippen LogP contribution is -2.03. The lowest BCUT2D eigenvalue weighted by Gasteiger charge is -2.04. The van der Waals surface area contributed by atoms with Gasteiger partial charge in [-0.2, -0.15) is 4.98 Å². The number of aromatic nitrogens is 2. The van der Waals surface area contributed by atoms with Crippen molar-refractivity contribution in [2.75, 3.05) is 17.7 Å². The van der Waals surface area contributed by atoms with Gasteiger partial charge in [-0.1, -0.05) is 0 Å². The number of carbonyl (C=O) groups is 1. The maximum Gasteiger partial charge on any atom is 0.224 e. The second-order valence-electron chi connectivity index (χ2n) is 1.91. The van der Waals surface area contributed by atoms with Crippen molar-refractivity contribution >= 4 is 29.5 Å². The number of halogens is 1. The second kappa shape index (κ2) is 3.87. The van der Waals surface area contributed by atoms with Crippen molar-refractivity contribution in [3.05, 3.63) is 11.5 Å². The van der Waals surface area contributed by atoms with E-state index in [0.717, 1.165) is 0 Å². The molecule has 1 aromatic heterocycles. The smallest absolute Gasteiger partial charge is 0.224 e. The molecular weight excluding hydrogens is 180 g/mol. The molecule has 0 spiro atoms. The molecular formula is C6H7ClN4O. The van der Waals surface area contributed by atoms with Crippen molar-refractivity contribution in [1.29, 1.82) is 0 Å². The molecule has 6 heteroatoms. The van der Waals surface area contributed by atoms with Gasteiger partial charge in [-0.3, -0.25) is 4.79 Å². The minimum absolute atomic E-state index is 0.0957. The number of carbonyl (C=O) groups excluding carboxylic acids is 1. The molecule has 2 N–H and O–H groups in total. The van der Waals surface area contributed by atoms with Crippen molar-refractivity contribution in [3.8, 4) is 0 Å². The van der Waals surface area contributed by atoms with Gasteiger partial charge in [0.25, 0.3) is 0 Å². The molecule has 0 aliphatic carbocycles. The first kappa shape index (κ1) is 8.73. The van der Waals surface area contributed by atoms with Crippen LogP contribution in [0, 0.1) is 0 Å². The molecule has 0 bridgehead atoms. The Kier molecular flexibility index (Phi) is 2.82. The van der Waals surface area contributed by atoms with Crippen molar-refractivity contribution < 1.29 is 4.79 Å². The van der Waals surface area contributed by atoms with Crippen molar-refractivity contribution in [2.45, 2.75) is 0 Å². The number of anilines is 2. The van der Waals surface area contributed by atoms with Crippen LogP contribution in [-0.4, -0.2) is 23.4 Å². The van der Waals surface area contributed by atoms with Crippen LogP contribution in [-0.2, 0) is 4.79 Å². The molecule has 0 unspecified atom stereocenters. The van der Waals surface area contributed by atoms with Crippen LogP contribution >= 0.6 is 11.6 Å². The van der Waals surface area contributed by atoms with Gasteiger partial charge in [0, 0.05) is 7.05 Å². The van der Waals surface area contributed by atoms with Gasteiger partial charge in [-0.15, -0.1) is 0 Å². The maximum atomic E-state index is 10.1. The minimum Gasteiger partial charge on any atom is -0.384 e. The quantitative estimate of drug-likeness (QED) is 0.540. The molecule has 1 heterocycles. The summed E-state index contributed by atoms with van der Waals surface area (Å²) in [6.45, 7) is 0. The number of nitrogens with one attached hydrogen (secondary N) is 2. The Morgan fingerprint density at radius 3 is 3.00 bits per heavy atom. The Morgan fingerprint density at radius 2 is 2.42 bits per heavy atom. The van der Waals surface area contributed by atoms with Crippen LogP contribution in [0.2, 0.25) is 5.28 Å². The standard InChI is InChI=1S/C6H7ClN4O/c1-8-4-2-9-6(7)11-5(4)10-3-12/h2-3,8H,1H3,(H,9,10,11,12). The van der Waals surface area contributed by atoms with Gasteiger partial charge in [0.05, 0.1) is 11.9 Å². The predicted molar refractivity (Wildman–Crippen MR) is 46.3 cm³/mol. The van der Waals surface area contributed by atoms with Crippen molar-refractivity contribution in [3.63, 3.8) is 0 Å². The average molecular weight is 187 g/mol. The third-order valence-corrected chi connectivity index (χ3v) is 1.41. The highest BCUT2D eigenvalue weighted by atomic mass is 35.5. The minimum atomic E-state index is 0.0957. The van der Waals surface area contributed by atoms with Crippen molar-refractivity contribution in [1.82, 2.24) is 9.97 Å².